The van der Waals surface area contributed by atoms with Gasteiger partial charge in [0.05, 0.1) is 6.04 Å². The fraction of sp³-hybridized carbons (Fsp3) is 0.600. The minimum absolute atomic E-state index is 0. The lowest BCUT2D eigenvalue weighted by Gasteiger charge is -2.20. The van der Waals surface area contributed by atoms with E-state index in [4.69, 9.17) is 5.73 Å². The Balaban J connectivity index is 0.00000400. The maximum atomic E-state index is 11.8. The zero-order valence-electron chi connectivity index (χ0n) is 13.3. The van der Waals surface area contributed by atoms with Crippen LogP contribution in [0.1, 0.15) is 33.3 Å². The summed E-state index contributed by atoms with van der Waals surface area (Å²) in [5.41, 5.74) is 6.77. The number of carbonyl (C=O) groups is 1. The summed E-state index contributed by atoms with van der Waals surface area (Å²) in [4.78, 5) is 18.4. The zero-order valence-corrected chi connectivity index (χ0v) is 14.1. The van der Waals surface area contributed by atoms with Crippen LogP contribution in [0.3, 0.4) is 0 Å². The van der Waals surface area contributed by atoms with E-state index in [1.165, 1.54) is 0 Å². The van der Waals surface area contributed by atoms with E-state index in [0.29, 0.717) is 6.54 Å². The van der Waals surface area contributed by atoms with Crippen LogP contribution in [-0.2, 0) is 11.3 Å². The van der Waals surface area contributed by atoms with Gasteiger partial charge >= 0.3 is 0 Å². The van der Waals surface area contributed by atoms with Gasteiger partial charge in [-0.05, 0) is 31.4 Å². The number of rotatable bonds is 7. The molecule has 0 unspecified atom stereocenters. The maximum Gasteiger partial charge on any atom is 0.237 e. The molecule has 1 aromatic rings. The van der Waals surface area contributed by atoms with E-state index in [-0.39, 0.29) is 24.2 Å². The van der Waals surface area contributed by atoms with Crippen molar-refractivity contribution in [2.75, 3.05) is 18.0 Å². The molecule has 1 rings (SSSR count). The third-order valence-corrected chi connectivity index (χ3v) is 3.38. The molecule has 0 fully saturated rings. The summed E-state index contributed by atoms with van der Waals surface area (Å²) in [5.74, 6) is 0.981. The Kier molecular flexibility index (Phi) is 8.97. The van der Waals surface area contributed by atoms with E-state index in [0.717, 1.165) is 24.5 Å². The van der Waals surface area contributed by atoms with Crippen LogP contribution >= 0.6 is 12.4 Å². The first kappa shape index (κ1) is 19.7. The van der Waals surface area contributed by atoms with Crippen LogP contribution in [0.15, 0.2) is 18.3 Å². The van der Waals surface area contributed by atoms with Gasteiger partial charge in [-0.1, -0.05) is 19.9 Å². The van der Waals surface area contributed by atoms with E-state index in [1.54, 1.807) is 6.20 Å². The van der Waals surface area contributed by atoms with Gasteiger partial charge in [0.15, 0.2) is 0 Å². The van der Waals surface area contributed by atoms with Crippen molar-refractivity contribution in [3.05, 3.63) is 23.9 Å². The van der Waals surface area contributed by atoms with Crippen molar-refractivity contribution in [1.29, 1.82) is 0 Å². The molecule has 0 aromatic carbocycles. The van der Waals surface area contributed by atoms with Gasteiger partial charge in [-0.15, -0.1) is 12.4 Å². The number of halogens is 1. The lowest BCUT2D eigenvalue weighted by atomic mass is 10.1. The summed E-state index contributed by atoms with van der Waals surface area (Å²) >= 11 is 0. The number of anilines is 1. The molecule has 0 saturated carbocycles. The van der Waals surface area contributed by atoms with Gasteiger partial charge in [0, 0.05) is 25.8 Å². The molecule has 0 spiro atoms. The normalized spacial score (nSPS) is 11.7. The number of aromatic nitrogens is 1. The topological polar surface area (TPSA) is 71.2 Å². The van der Waals surface area contributed by atoms with Crippen LogP contribution in [0.5, 0.6) is 0 Å². The lowest BCUT2D eigenvalue weighted by molar-refractivity contribution is -0.123. The largest absolute Gasteiger partial charge is 0.357 e. The van der Waals surface area contributed by atoms with Gasteiger partial charge < -0.3 is 16.0 Å². The van der Waals surface area contributed by atoms with Crippen LogP contribution in [-0.4, -0.2) is 30.0 Å². The number of nitrogens with two attached hydrogens (primary N) is 1. The van der Waals surface area contributed by atoms with Crippen LogP contribution in [0.4, 0.5) is 5.82 Å². The number of nitrogens with zero attached hydrogens (tertiary/aromatic N) is 2. The van der Waals surface area contributed by atoms with Crippen LogP contribution < -0.4 is 16.0 Å². The number of amides is 1. The van der Waals surface area contributed by atoms with E-state index in [1.807, 2.05) is 26.0 Å². The molecular weight excluding hydrogens is 288 g/mol. The van der Waals surface area contributed by atoms with E-state index in [9.17, 15) is 4.79 Å². The predicted octanol–water partition coefficient (Wildman–Crippen LogP) is 1.95. The highest BCUT2D eigenvalue weighted by Gasteiger charge is 2.16. The summed E-state index contributed by atoms with van der Waals surface area (Å²) in [7, 11) is 0. The molecule has 0 radical (unpaired) electrons. The molecule has 0 aliphatic carbocycles. The molecule has 120 valence electrons. The van der Waals surface area contributed by atoms with E-state index in [2.05, 4.69) is 29.0 Å². The van der Waals surface area contributed by atoms with Crippen LogP contribution in [0.25, 0.3) is 0 Å². The van der Waals surface area contributed by atoms with Gasteiger partial charge in [-0.2, -0.15) is 0 Å². The van der Waals surface area contributed by atoms with E-state index < -0.39 is 6.04 Å². The maximum absolute atomic E-state index is 11.8. The Morgan fingerprint density at radius 2 is 1.95 bits per heavy atom. The van der Waals surface area contributed by atoms with Crippen molar-refractivity contribution in [2.24, 2.45) is 11.7 Å². The first-order chi connectivity index (χ1) is 9.49. The molecule has 1 aromatic heterocycles. The summed E-state index contributed by atoms with van der Waals surface area (Å²) in [6.07, 6.45) is 1.80. The van der Waals surface area contributed by atoms with Gasteiger partial charge in [-0.3, -0.25) is 4.79 Å². The highest BCUT2D eigenvalue weighted by molar-refractivity contribution is 5.85. The number of hydrogen-bond acceptors (Lipinski definition) is 4. The Hall–Kier alpha value is -1.33. The van der Waals surface area contributed by atoms with Gasteiger partial charge in [0.1, 0.15) is 5.82 Å². The average Bonchev–Trinajstić information content (AvgIpc) is 2.46. The van der Waals surface area contributed by atoms with Crippen LogP contribution in [0.2, 0.25) is 0 Å². The fourth-order valence-corrected chi connectivity index (χ4v) is 1.87. The van der Waals surface area contributed by atoms with Gasteiger partial charge in [0.25, 0.3) is 0 Å². The molecule has 0 saturated heterocycles. The minimum Gasteiger partial charge on any atom is -0.357 e. The summed E-state index contributed by atoms with van der Waals surface area (Å²) in [6.45, 7) is 10.4. The second-order valence-corrected chi connectivity index (χ2v) is 5.18. The number of pyridine rings is 1. The van der Waals surface area contributed by atoms with Crippen molar-refractivity contribution in [1.82, 2.24) is 10.3 Å². The molecule has 1 amide bonds. The Morgan fingerprint density at radius 3 is 2.38 bits per heavy atom. The summed E-state index contributed by atoms with van der Waals surface area (Å²) in [5, 5.41) is 2.84. The minimum atomic E-state index is -0.460. The molecule has 5 nitrogen and oxygen atoms in total. The Bertz CT molecular complexity index is 418. The second-order valence-electron chi connectivity index (χ2n) is 5.18. The number of nitrogens with one attached hydrogen (secondary N) is 1. The van der Waals surface area contributed by atoms with Gasteiger partial charge in [-0.25, -0.2) is 4.98 Å². The van der Waals surface area contributed by atoms with E-state index >= 15 is 0 Å². The smallest absolute Gasteiger partial charge is 0.237 e. The SMILES string of the molecule is CCN(CC)c1ccc(CNC(=O)[C@@H](N)C(C)C)cn1.Cl. The second kappa shape index (κ2) is 9.58. The molecule has 21 heavy (non-hydrogen) atoms. The number of hydrogen-bond donors (Lipinski definition) is 2. The van der Waals surface area contributed by atoms with Crippen molar-refractivity contribution in [3.63, 3.8) is 0 Å². The third kappa shape index (κ3) is 5.89. The standard InChI is InChI=1S/C15H26N4O.ClH/c1-5-19(6-2)13-8-7-12(9-17-13)10-18-15(20)14(16)11(3)4;/h7-9,11,14H,5-6,10,16H2,1-4H3,(H,18,20);1H/t14-;/m0./s1. The van der Waals surface area contributed by atoms with Crippen LogP contribution in [0, 0.1) is 5.92 Å². The molecule has 0 bridgehead atoms. The summed E-state index contributed by atoms with van der Waals surface area (Å²) < 4.78 is 0. The van der Waals surface area contributed by atoms with Gasteiger partial charge in [0.2, 0.25) is 5.91 Å². The fourth-order valence-electron chi connectivity index (χ4n) is 1.87. The first-order valence-electron chi connectivity index (χ1n) is 7.22. The monoisotopic (exact) mass is 314 g/mol. The highest BCUT2D eigenvalue weighted by atomic mass is 35.5. The predicted molar refractivity (Wildman–Crippen MR) is 89.7 cm³/mol. The zero-order chi connectivity index (χ0) is 15.1. The molecule has 6 heteroatoms. The molecule has 1 heterocycles. The Morgan fingerprint density at radius 1 is 1.33 bits per heavy atom. The van der Waals surface area contributed by atoms with Crippen molar-refractivity contribution >= 4 is 24.1 Å². The summed E-state index contributed by atoms with van der Waals surface area (Å²) in [6, 6.07) is 3.51. The number of carbonyl (C=O) groups excluding carboxylic acids is 1. The molecule has 0 aliphatic heterocycles. The average molecular weight is 315 g/mol. The molecule has 1 atom stereocenters. The first-order valence-corrected chi connectivity index (χ1v) is 7.22. The van der Waals surface area contributed by atoms with Crippen molar-refractivity contribution in [3.8, 4) is 0 Å². The lowest BCUT2D eigenvalue weighted by Crippen LogP contribution is -2.43. The quantitative estimate of drug-likeness (QED) is 0.807. The molecular formula is C15H27ClN4O. The van der Waals surface area contributed by atoms with Crippen molar-refractivity contribution in [2.45, 2.75) is 40.3 Å². The Labute approximate surface area is 133 Å². The third-order valence-electron chi connectivity index (χ3n) is 3.38. The molecule has 3 N–H and O–H groups in total. The molecule has 0 aliphatic rings. The van der Waals surface area contributed by atoms with Crippen molar-refractivity contribution < 1.29 is 4.79 Å². The highest BCUT2D eigenvalue weighted by Crippen LogP contribution is 2.10.